The van der Waals surface area contributed by atoms with Crippen molar-refractivity contribution in [1.82, 2.24) is 0 Å². The summed E-state index contributed by atoms with van der Waals surface area (Å²) in [5.41, 5.74) is 0. The Morgan fingerprint density at radius 1 is 0.408 bits per heavy atom. The molecule has 0 aromatic rings. The third-order valence-electron chi connectivity index (χ3n) is 11.2. The fourth-order valence-corrected chi connectivity index (χ4v) is 7.58. The van der Waals surface area contributed by atoms with Crippen LogP contribution in [0.3, 0.4) is 0 Å². The summed E-state index contributed by atoms with van der Waals surface area (Å²) < 4.78 is 34.1. The average Bonchev–Trinajstić information content (AvgIpc) is 3.38. The molecular weight excluding hydrogens is 966 g/mol. The van der Waals surface area contributed by atoms with Crippen molar-refractivity contribution < 1.29 is 42.1 Å². The lowest BCUT2D eigenvalue weighted by Gasteiger charge is -2.28. The molecule has 0 aliphatic heterocycles. The van der Waals surface area contributed by atoms with Crippen molar-refractivity contribution in [3.05, 3.63) is 170 Å². The number of hydrogen-bond acceptors (Lipinski definition) is 8. The lowest BCUT2D eigenvalue weighted by atomic mass is 10.1. The molecule has 0 aliphatic carbocycles. The quantitative estimate of drug-likeness (QED) is 0.0195. The first-order valence-corrected chi connectivity index (χ1v) is 30.3. The van der Waals surface area contributed by atoms with Crippen LogP contribution in [-0.2, 0) is 32.7 Å². The molecular formula is C66H104NO8P. The predicted octanol–water partition coefficient (Wildman–Crippen LogP) is 17.6. The SMILES string of the molecule is CC/C=C\C/C=C\C/C=C\C/C=C\C/C=C\C/C=C\C/C=C\C/C=C\CCCCCCCCC(=O)OC(COC(=O)CCCC/C=C\C/C=C\C/C=C\C/C=C\C/C=C\C/C=C\CC)COP(=O)([O-])OCC[N+](C)(C)C. The maximum absolute atomic E-state index is 12.8. The van der Waals surface area contributed by atoms with Crippen LogP contribution in [0.2, 0.25) is 0 Å². The maximum atomic E-state index is 12.8. The number of phosphoric acid groups is 1. The van der Waals surface area contributed by atoms with Crippen LogP contribution in [-0.4, -0.2) is 70.0 Å². The number of allylic oxidation sites excluding steroid dienone is 28. The van der Waals surface area contributed by atoms with Crippen molar-refractivity contribution in [2.75, 3.05) is 47.5 Å². The summed E-state index contributed by atoms with van der Waals surface area (Å²) in [5, 5.41) is 0. The van der Waals surface area contributed by atoms with Gasteiger partial charge in [0.25, 0.3) is 7.82 Å². The molecule has 0 saturated carbocycles. The van der Waals surface area contributed by atoms with Gasteiger partial charge < -0.3 is 27.9 Å². The predicted molar refractivity (Wildman–Crippen MR) is 323 cm³/mol. The largest absolute Gasteiger partial charge is 0.756 e. The zero-order valence-electron chi connectivity index (χ0n) is 48.1. The molecule has 2 atom stereocenters. The molecule has 0 heterocycles. The van der Waals surface area contributed by atoms with Crippen LogP contribution in [0.15, 0.2) is 170 Å². The first-order chi connectivity index (χ1) is 37.0. The van der Waals surface area contributed by atoms with Crippen molar-refractivity contribution in [3.63, 3.8) is 0 Å². The van der Waals surface area contributed by atoms with E-state index in [9.17, 15) is 19.0 Å². The van der Waals surface area contributed by atoms with Crippen molar-refractivity contribution in [3.8, 4) is 0 Å². The number of carbonyl (C=O) groups is 2. The minimum atomic E-state index is -4.67. The van der Waals surface area contributed by atoms with Gasteiger partial charge in [-0.1, -0.05) is 210 Å². The number of likely N-dealkylation sites (N-methyl/N-ethyl adjacent to an activating group) is 1. The molecule has 0 bridgehead atoms. The molecule has 0 N–H and O–H groups in total. The molecule has 9 nitrogen and oxygen atoms in total. The zero-order chi connectivity index (χ0) is 55.6. The smallest absolute Gasteiger partial charge is 0.306 e. The monoisotopic (exact) mass is 1070 g/mol. The van der Waals surface area contributed by atoms with Gasteiger partial charge >= 0.3 is 11.9 Å². The Morgan fingerprint density at radius 2 is 0.711 bits per heavy atom. The van der Waals surface area contributed by atoms with Crippen LogP contribution in [0.25, 0.3) is 0 Å². The van der Waals surface area contributed by atoms with Crippen molar-refractivity contribution in [2.45, 2.75) is 187 Å². The number of esters is 2. The number of unbranched alkanes of at least 4 members (excludes halogenated alkanes) is 8. The molecule has 0 aromatic carbocycles. The minimum absolute atomic E-state index is 0.0522. The zero-order valence-corrected chi connectivity index (χ0v) is 49.0. The summed E-state index contributed by atoms with van der Waals surface area (Å²) in [5.74, 6) is -0.919. The fourth-order valence-electron chi connectivity index (χ4n) is 6.85. The molecule has 2 unspecified atom stereocenters. The lowest BCUT2D eigenvalue weighted by Crippen LogP contribution is -2.37. The summed E-state index contributed by atoms with van der Waals surface area (Å²) in [7, 11) is 1.10. The van der Waals surface area contributed by atoms with E-state index in [1.54, 1.807) is 0 Å². The van der Waals surface area contributed by atoms with Crippen LogP contribution < -0.4 is 4.89 Å². The summed E-state index contributed by atoms with van der Waals surface area (Å²) in [6.07, 6.45) is 84.0. The van der Waals surface area contributed by atoms with E-state index in [0.717, 1.165) is 141 Å². The van der Waals surface area contributed by atoms with Gasteiger partial charge in [-0.25, -0.2) is 0 Å². The molecule has 0 spiro atoms. The number of quaternary nitrogens is 1. The molecule has 0 amide bonds. The number of rotatable bonds is 50. The van der Waals surface area contributed by atoms with E-state index >= 15 is 0 Å². The Kier molecular flexibility index (Phi) is 51.8. The Hall–Kier alpha value is -4.63. The molecule has 0 aliphatic rings. The van der Waals surface area contributed by atoms with Gasteiger partial charge in [0.2, 0.25) is 0 Å². The molecule has 0 aromatic heterocycles. The van der Waals surface area contributed by atoms with E-state index in [1.165, 1.54) is 0 Å². The van der Waals surface area contributed by atoms with Gasteiger partial charge in [0.05, 0.1) is 27.7 Å². The van der Waals surface area contributed by atoms with E-state index < -0.39 is 32.5 Å². The van der Waals surface area contributed by atoms with E-state index in [2.05, 4.69) is 184 Å². The second kappa shape index (κ2) is 55.1. The minimum Gasteiger partial charge on any atom is -0.756 e. The topological polar surface area (TPSA) is 111 Å². The van der Waals surface area contributed by atoms with E-state index in [4.69, 9.17) is 18.5 Å². The van der Waals surface area contributed by atoms with Crippen LogP contribution in [0.4, 0.5) is 0 Å². The van der Waals surface area contributed by atoms with Gasteiger partial charge in [-0.2, -0.15) is 0 Å². The summed E-state index contributed by atoms with van der Waals surface area (Å²) in [6, 6.07) is 0. The molecule has 0 fully saturated rings. The Labute approximate surface area is 464 Å². The molecule has 426 valence electrons. The standard InChI is InChI=1S/C66H104NO8P/c1-6-8-10-12-14-16-18-20-22-24-26-28-29-30-31-32-33-34-35-36-37-39-41-43-45-47-49-51-53-55-57-59-66(69)75-64(63-74-76(70,71)73-61-60-67(3,4)5)62-72-65(68)58-56-54-52-50-48-46-44-42-40-38-27-25-23-21-19-17-15-13-11-9-7-2/h8-11,14-17,20-23,26-28,30-31,33-34,36-38,41-44,48,50,64H,6-7,12-13,18-19,24-25,29,32,35,39-40,45-47,49,51-63H2,1-5H3/b10-8-,11-9-,16-14-,17-15-,22-20-,23-21-,28-26-,31-30-,34-33-,37-36-,38-27-,43-41-,44-42-,50-48-. The second-order valence-electron chi connectivity index (χ2n) is 19.5. The first-order valence-electron chi connectivity index (χ1n) is 28.8. The van der Waals surface area contributed by atoms with Gasteiger partial charge in [-0.05, 0) is 128 Å². The van der Waals surface area contributed by atoms with Crippen molar-refractivity contribution in [1.29, 1.82) is 0 Å². The summed E-state index contributed by atoms with van der Waals surface area (Å²) in [6.45, 7) is 3.90. The van der Waals surface area contributed by atoms with Crippen molar-refractivity contribution >= 4 is 19.8 Å². The normalized spacial score (nSPS) is 14.6. The second-order valence-corrected chi connectivity index (χ2v) is 20.9. The van der Waals surface area contributed by atoms with Crippen LogP contribution >= 0.6 is 7.82 Å². The fraction of sp³-hybridized carbons (Fsp3) is 0.545. The lowest BCUT2D eigenvalue weighted by molar-refractivity contribution is -0.870. The molecule has 0 radical (unpaired) electrons. The van der Waals surface area contributed by atoms with E-state index in [0.29, 0.717) is 23.9 Å². The maximum Gasteiger partial charge on any atom is 0.306 e. The molecule has 0 saturated heterocycles. The first kappa shape index (κ1) is 71.4. The van der Waals surface area contributed by atoms with Gasteiger partial charge in [-0.15, -0.1) is 0 Å². The highest BCUT2D eigenvalue weighted by molar-refractivity contribution is 7.45. The van der Waals surface area contributed by atoms with E-state index in [1.807, 2.05) is 21.1 Å². The number of nitrogens with zero attached hydrogens (tertiary/aromatic N) is 1. The van der Waals surface area contributed by atoms with Gasteiger partial charge in [0.15, 0.2) is 6.10 Å². The Balaban J connectivity index is 4.34. The van der Waals surface area contributed by atoms with Gasteiger partial charge in [0, 0.05) is 12.8 Å². The number of ether oxygens (including phenoxy) is 2. The van der Waals surface area contributed by atoms with Crippen LogP contribution in [0.5, 0.6) is 0 Å². The molecule has 10 heteroatoms. The highest BCUT2D eigenvalue weighted by atomic mass is 31.2. The Morgan fingerprint density at radius 3 is 1.08 bits per heavy atom. The third-order valence-corrected chi connectivity index (χ3v) is 12.2. The summed E-state index contributed by atoms with van der Waals surface area (Å²) >= 11 is 0. The van der Waals surface area contributed by atoms with Crippen LogP contribution in [0.1, 0.15) is 181 Å². The van der Waals surface area contributed by atoms with Crippen molar-refractivity contribution in [2.24, 2.45) is 0 Å². The summed E-state index contributed by atoms with van der Waals surface area (Å²) in [4.78, 5) is 37.9. The van der Waals surface area contributed by atoms with Gasteiger partial charge in [-0.3, -0.25) is 14.2 Å². The Bertz CT molecular complexity index is 1880. The van der Waals surface area contributed by atoms with E-state index in [-0.39, 0.29) is 26.1 Å². The number of phosphoric ester groups is 1. The van der Waals surface area contributed by atoms with Gasteiger partial charge in [0.1, 0.15) is 19.8 Å². The molecule has 76 heavy (non-hydrogen) atoms. The van der Waals surface area contributed by atoms with Crippen LogP contribution in [0, 0.1) is 0 Å². The number of carbonyl (C=O) groups excluding carboxylic acids is 2. The highest BCUT2D eigenvalue weighted by Crippen LogP contribution is 2.38. The highest BCUT2D eigenvalue weighted by Gasteiger charge is 2.21. The molecule has 0 rings (SSSR count). The average molecular weight is 1070 g/mol. The number of hydrogen-bond donors (Lipinski definition) is 0. The third kappa shape index (κ3) is 58.6.